The summed E-state index contributed by atoms with van der Waals surface area (Å²) in [6.07, 6.45) is 5.87. The zero-order valence-corrected chi connectivity index (χ0v) is 14.8. The summed E-state index contributed by atoms with van der Waals surface area (Å²) in [5.41, 5.74) is 2.88. The Morgan fingerprint density at radius 3 is 2.74 bits per heavy atom. The molecule has 0 unspecified atom stereocenters. The summed E-state index contributed by atoms with van der Waals surface area (Å²) in [5, 5.41) is 10.4. The molecule has 5 rings (SSSR count). The zero-order valence-electron chi connectivity index (χ0n) is 14.8. The quantitative estimate of drug-likeness (QED) is 0.480. The van der Waals surface area contributed by atoms with E-state index in [1.54, 1.807) is 10.7 Å². The number of pyridine rings is 1. The Kier molecular flexibility index (Phi) is 3.67. The summed E-state index contributed by atoms with van der Waals surface area (Å²) in [7, 11) is 0. The molecule has 0 aliphatic heterocycles. The highest BCUT2D eigenvalue weighted by Gasteiger charge is 2.17. The molecule has 134 valence electrons. The molecule has 0 fully saturated rings. The predicted molar refractivity (Wildman–Crippen MR) is 101 cm³/mol. The van der Waals surface area contributed by atoms with Crippen LogP contribution in [-0.4, -0.2) is 41.0 Å². The first-order valence-electron chi connectivity index (χ1n) is 8.86. The van der Waals surface area contributed by atoms with E-state index in [2.05, 4.69) is 37.3 Å². The largest absolute Gasteiger partial charge is 0.477 e. The topological polar surface area (TPSA) is 83.0 Å². The van der Waals surface area contributed by atoms with E-state index in [9.17, 15) is 0 Å². The lowest BCUT2D eigenvalue weighted by molar-refractivity contribution is 0.314. The number of fused-ring (bicyclic) bond motifs is 5. The number of rotatable bonds is 5. The first-order valence-corrected chi connectivity index (χ1v) is 8.86. The molecule has 0 radical (unpaired) electrons. The van der Waals surface area contributed by atoms with Crippen molar-refractivity contribution >= 4 is 27.7 Å². The maximum atomic E-state index is 6.02. The molecule has 5 aromatic rings. The van der Waals surface area contributed by atoms with Gasteiger partial charge in [-0.25, -0.2) is 9.67 Å². The number of ether oxygens (including phenoxy) is 1. The van der Waals surface area contributed by atoms with Crippen LogP contribution in [0.25, 0.3) is 27.7 Å². The maximum absolute atomic E-state index is 6.02. The van der Waals surface area contributed by atoms with Gasteiger partial charge < -0.3 is 4.74 Å². The predicted octanol–water partition coefficient (Wildman–Crippen LogP) is 2.66. The number of benzene rings is 1. The first kappa shape index (κ1) is 15.7. The summed E-state index contributed by atoms with van der Waals surface area (Å²) in [6, 6.07) is 10.2. The van der Waals surface area contributed by atoms with Gasteiger partial charge in [0.05, 0.1) is 29.1 Å². The van der Waals surface area contributed by atoms with E-state index < -0.39 is 0 Å². The SMILES string of the molecule is CCn1ncc2c1ncc1c(OCCc3ccccc3)nc3ncnn3c12. The Hall–Kier alpha value is -3.55. The molecular weight excluding hydrogens is 342 g/mol. The Labute approximate surface area is 154 Å². The second-order valence-corrected chi connectivity index (χ2v) is 6.19. The Morgan fingerprint density at radius 1 is 1.00 bits per heavy atom. The van der Waals surface area contributed by atoms with Gasteiger partial charge in [-0.2, -0.15) is 24.7 Å². The average molecular weight is 359 g/mol. The van der Waals surface area contributed by atoms with E-state index in [-0.39, 0.29) is 0 Å². The van der Waals surface area contributed by atoms with Crippen LogP contribution in [0.1, 0.15) is 12.5 Å². The lowest BCUT2D eigenvalue weighted by Gasteiger charge is -2.10. The second-order valence-electron chi connectivity index (χ2n) is 6.19. The molecule has 0 aliphatic carbocycles. The minimum atomic E-state index is 0.494. The molecule has 0 aliphatic rings. The van der Waals surface area contributed by atoms with Crippen molar-refractivity contribution in [1.82, 2.24) is 34.3 Å². The molecule has 0 saturated heterocycles. The van der Waals surface area contributed by atoms with Gasteiger partial charge in [0.25, 0.3) is 5.78 Å². The molecule has 27 heavy (non-hydrogen) atoms. The van der Waals surface area contributed by atoms with Gasteiger partial charge in [0.15, 0.2) is 5.65 Å². The van der Waals surface area contributed by atoms with Crippen molar-refractivity contribution in [2.45, 2.75) is 19.9 Å². The van der Waals surface area contributed by atoms with Crippen LogP contribution in [0.2, 0.25) is 0 Å². The van der Waals surface area contributed by atoms with Crippen molar-refractivity contribution in [2.75, 3.05) is 6.61 Å². The van der Waals surface area contributed by atoms with Gasteiger partial charge in [0.1, 0.15) is 6.33 Å². The molecule has 1 aromatic carbocycles. The van der Waals surface area contributed by atoms with E-state index in [0.717, 1.165) is 34.9 Å². The normalized spacial score (nSPS) is 11.6. The van der Waals surface area contributed by atoms with Gasteiger partial charge in [-0.15, -0.1) is 0 Å². The van der Waals surface area contributed by atoms with Crippen molar-refractivity contribution in [2.24, 2.45) is 0 Å². The van der Waals surface area contributed by atoms with E-state index >= 15 is 0 Å². The third-order valence-electron chi connectivity index (χ3n) is 4.58. The highest BCUT2D eigenvalue weighted by atomic mass is 16.5. The van der Waals surface area contributed by atoms with Crippen LogP contribution in [0.3, 0.4) is 0 Å². The number of aryl methyl sites for hydroxylation is 1. The van der Waals surface area contributed by atoms with Crippen LogP contribution >= 0.6 is 0 Å². The standard InChI is InChI=1S/C19H17N7O/c1-2-25-17-14(11-22-25)16-15(10-20-17)18(24-19-21-12-23-26(16)19)27-9-8-13-6-4-3-5-7-13/h3-7,10-12H,2,8-9H2,1H3. The number of hydrogen-bond donors (Lipinski definition) is 0. The molecule has 0 atom stereocenters. The average Bonchev–Trinajstić information content (AvgIpc) is 3.34. The Balaban J connectivity index is 1.61. The summed E-state index contributed by atoms with van der Waals surface area (Å²) in [5.74, 6) is 1.01. The van der Waals surface area contributed by atoms with Gasteiger partial charge in [-0.3, -0.25) is 0 Å². The Morgan fingerprint density at radius 2 is 1.89 bits per heavy atom. The minimum absolute atomic E-state index is 0.494. The minimum Gasteiger partial charge on any atom is -0.477 e. The summed E-state index contributed by atoms with van der Waals surface area (Å²) in [4.78, 5) is 13.3. The molecule has 0 spiro atoms. The lowest BCUT2D eigenvalue weighted by Crippen LogP contribution is -2.06. The number of hydrogen-bond acceptors (Lipinski definition) is 6. The highest BCUT2D eigenvalue weighted by Crippen LogP contribution is 2.29. The molecule has 0 N–H and O–H groups in total. The second kappa shape index (κ2) is 6.31. The zero-order chi connectivity index (χ0) is 18.2. The van der Waals surface area contributed by atoms with Crippen molar-refractivity contribution in [3.05, 3.63) is 54.6 Å². The van der Waals surface area contributed by atoms with E-state index in [1.165, 1.54) is 11.9 Å². The summed E-state index contributed by atoms with van der Waals surface area (Å²) >= 11 is 0. The molecule has 0 bridgehead atoms. The third kappa shape index (κ3) is 2.57. The molecule has 0 saturated carbocycles. The van der Waals surface area contributed by atoms with E-state index in [1.807, 2.05) is 36.0 Å². The van der Waals surface area contributed by atoms with Gasteiger partial charge in [0.2, 0.25) is 5.88 Å². The van der Waals surface area contributed by atoms with Crippen LogP contribution in [0, 0.1) is 0 Å². The van der Waals surface area contributed by atoms with Gasteiger partial charge in [0, 0.05) is 19.2 Å². The van der Waals surface area contributed by atoms with Crippen molar-refractivity contribution < 1.29 is 4.74 Å². The molecular formula is C19H17N7O. The van der Waals surface area contributed by atoms with Crippen molar-refractivity contribution in [3.8, 4) is 5.88 Å². The summed E-state index contributed by atoms with van der Waals surface area (Å²) in [6.45, 7) is 3.30. The summed E-state index contributed by atoms with van der Waals surface area (Å²) < 4.78 is 9.59. The van der Waals surface area contributed by atoms with Gasteiger partial charge >= 0.3 is 0 Å². The van der Waals surface area contributed by atoms with E-state index in [0.29, 0.717) is 18.3 Å². The van der Waals surface area contributed by atoms with Crippen molar-refractivity contribution in [3.63, 3.8) is 0 Å². The van der Waals surface area contributed by atoms with E-state index in [4.69, 9.17) is 4.74 Å². The fourth-order valence-electron chi connectivity index (χ4n) is 3.27. The van der Waals surface area contributed by atoms with Crippen LogP contribution < -0.4 is 4.74 Å². The van der Waals surface area contributed by atoms with Crippen LogP contribution in [0.5, 0.6) is 5.88 Å². The van der Waals surface area contributed by atoms with Gasteiger partial charge in [-0.05, 0) is 12.5 Å². The molecule has 0 amide bonds. The first-order chi connectivity index (χ1) is 13.3. The van der Waals surface area contributed by atoms with Gasteiger partial charge in [-0.1, -0.05) is 30.3 Å². The van der Waals surface area contributed by atoms with Crippen LogP contribution in [0.4, 0.5) is 0 Å². The lowest BCUT2D eigenvalue weighted by atomic mass is 10.2. The number of aromatic nitrogens is 7. The third-order valence-corrected chi connectivity index (χ3v) is 4.58. The fourth-order valence-corrected chi connectivity index (χ4v) is 3.27. The molecule has 4 heterocycles. The monoisotopic (exact) mass is 359 g/mol. The van der Waals surface area contributed by atoms with Crippen LogP contribution in [-0.2, 0) is 13.0 Å². The smallest absolute Gasteiger partial charge is 0.256 e. The van der Waals surface area contributed by atoms with Crippen LogP contribution in [0.15, 0.2) is 49.1 Å². The fraction of sp³-hybridized carbons (Fsp3) is 0.211. The highest BCUT2D eigenvalue weighted by molar-refractivity contribution is 6.04. The maximum Gasteiger partial charge on any atom is 0.256 e. The number of nitrogens with zero attached hydrogens (tertiary/aromatic N) is 7. The molecule has 8 nitrogen and oxygen atoms in total. The van der Waals surface area contributed by atoms with Crippen molar-refractivity contribution in [1.29, 1.82) is 0 Å². The molecule has 8 heteroatoms. The Bertz CT molecular complexity index is 1240. The molecule has 4 aromatic heterocycles.